The second-order valence-corrected chi connectivity index (χ2v) is 4.83. The minimum atomic E-state index is -0.969. The van der Waals surface area contributed by atoms with Crippen molar-refractivity contribution in [3.05, 3.63) is 0 Å². The normalized spacial score (nSPS) is 17.1. The van der Waals surface area contributed by atoms with Crippen LogP contribution in [-0.4, -0.2) is 16.9 Å². The summed E-state index contributed by atoms with van der Waals surface area (Å²) in [6, 6.07) is 0. The molecule has 1 rings (SSSR count). The molecule has 0 spiro atoms. The van der Waals surface area contributed by atoms with E-state index in [1.54, 1.807) is 0 Å². The van der Waals surface area contributed by atoms with Crippen LogP contribution in [-0.2, 0) is 9.59 Å². The van der Waals surface area contributed by atoms with Crippen molar-refractivity contribution in [3.8, 4) is 0 Å². The van der Waals surface area contributed by atoms with Crippen LogP contribution in [0.15, 0.2) is 0 Å². The first kappa shape index (κ1) is 13.2. The molecule has 0 heterocycles. The van der Waals surface area contributed by atoms with Gasteiger partial charge in [0.05, 0.1) is 0 Å². The van der Waals surface area contributed by atoms with E-state index in [1.807, 2.05) is 0 Å². The summed E-state index contributed by atoms with van der Waals surface area (Å²) >= 11 is 0. The maximum atomic E-state index is 11.7. The van der Waals surface area contributed by atoms with Gasteiger partial charge in [-0.1, -0.05) is 39.0 Å². The van der Waals surface area contributed by atoms with Gasteiger partial charge in [-0.15, -0.1) is 0 Å². The van der Waals surface area contributed by atoms with Crippen molar-refractivity contribution in [2.24, 2.45) is 5.41 Å². The number of aliphatic carboxylic acids is 1. The molecule has 0 atom stereocenters. The summed E-state index contributed by atoms with van der Waals surface area (Å²) in [7, 11) is 0. The Morgan fingerprint density at radius 3 is 2.12 bits per heavy atom. The first-order valence-corrected chi connectivity index (χ1v) is 6.40. The molecule has 16 heavy (non-hydrogen) atoms. The van der Waals surface area contributed by atoms with Gasteiger partial charge in [0.25, 0.3) is 0 Å². The molecule has 0 amide bonds. The molecule has 92 valence electrons. The van der Waals surface area contributed by atoms with Crippen molar-refractivity contribution in [1.82, 2.24) is 0 Å². The van der Waals surface area contributed by atoms with E-state index in [2.05, 4.69) is 6.92 Å². The Labute approximate surface area is 97.2 Å². The van der Waals surface area contributed by atoms with Gasteiger partial charge in [-0.3, -0.25) is 9.59 Å². The minimum Gasteiger partial charge on any atom is -0.480 e. The van der Waals surface area contributed by atoms with E-state index >= 15 is 0 Å². The molecular weight excluding hydrogens is 204 g/mol. The van der Waals surface area contributed by atoms with Crippen LogP contribution in [0.5, 0.6) is 0 Å². The van der Waals surface area contributed by atoms with E-state index < -0.39 is 11.4 Å². The summed E-state index contributed by atoms with van der Waals surface area (Å²) in [6.07, 6.45) is 8.36. The molecule has 1 fully saturated rings. The van der Waals surface area contributed by atoms with Crippen LogP contribution in [0.2, 0.25) is 0 Å². The molecular formula is C13H22O3. The number of carboxylic acids is 1. The van der Waals surface area contributed by atoms with Crippen molar-refractivity contribution in [3.63, 3.8) is 0 Å². The van der Waals surface area contributed by atoms with E-state index in [0.29, 0.717) is 19.3 Å². The molecule has 0 bridgehead atoms. The van der Waals surface area contributed by atoms with Crippen molar-refractivity contribution < 1.29 is 14.7 Å². The molecule has 3 nitrogen and oxygen atoms in total. The summed E-state index contributed by atoms with van der Waals surface area (Å²) in [5, 5.41) is 8.93. The van der Waals surface area contributed by atoms with Crippen molar-refractivity contribution in [1.29, 1.82) is 0 Å². The van der Waals surface area contributed by atoms with Crippen LogP contribution in [0.1, 0.15) is 64.7 Å². The van der Waals surface area contributed by atoms with Crippen LogP contribution in [0.25, 0.3) is 0 Å². The highest BCUT2D eigenvalue weighted by atomic mass is 16.4. The zero-order chi connectivity index (χ0) is 12.0. The highest BCUT2D eigenvalue weighted by Crippen LogP contribution is 2.47. The Kier molecular flexibility index (Phi) is 4.97. The van der Waals surface area contributed by atoms with Gasteiger partial charge in [0.1, 0.15) is 11.2 Å². The topological polar surface area (TPSA) is 54.4 Å². The second-order valence-electron chi connectivity index (χ2n) is 4.83. The Balaban J connectivity index is 2.10. The van der Waals surface area contributed by atoms with Gasteiger partial charge in [-0.25, -0.2) is 0 Å². The van der Waals surface area contributed by atoms with Gasteiger partial charge in [0.2, 0.25) is 0 Å². The Morgan fingerprint density at radius 1 is 1.06 bits per heavy atom. The summed E-state index contributed by atoms with van der Waals surface area (Å²) < 4.78 is 0. The van der Waals surface area contributed by atoms with Gasteiger partial charge >= 0.3 is 5.97 Å². The minimum absolute atomic E-state index is 0.0458. The summed E-state index contributed by atoms with van der Waals surface area (Å²) in [5.41, 5.74) is -0.969. The number of ketones is 1. The van der Waals surface area contributed by atoms with Crippen molar-refractivity contribution in [2.75, 3.05) is 0 Å². The van der Waals surface area contributed by atoms with Gasteiger partial charge in [0.15, 0.2) is 0 Å². The van der Waals surface area contributed by atoms with Gasteiger partial charge in [0, 0.05) is 6.42 Å². The number of hydrogen-bond donors (Lipinski definition) is 1. The lowest BCUT2D eigenvalue weighted by Gasteiger charge is -2.07. The molecule has 1 aliphatic carbocycles. The highest BCUT2D eigenvalue weighted by Gasteiger charge is 2.55. The third kappa shape index (κ3) is 3.32. The number of rotatable bonds is 9. The summed E-state index contributed by atoms with van der Waals surface area (Å²) in [6.45, 7) is 2.17. The Morgan fingerprint density at radius 2 is 1.62 bits per heavy atom. The lowest BCUT2D eigenvalue weighted by atomic mass is 9.96. The summed E-state index contributed by atoms with van der Waals surface area (Å²) in [4.78, 5) is 22.6. The lowest BCUT2D eigenvalue weighted by molar-refractivity contribution is -0.148. The number of Topliss-reactive ketones (excluding diaryl/α,β-unsaturated/α-hetero) is 1. The molecule has 0 saturated heterocycles. The number of carboxylic acid groups (broad SMARTS) is 1. The molecule has 1 saturated carbocycles. The second kappa shape index (κ2) is 6.02. The number of hydrogen-bond acceptors (Lipinski definition) is 2. The third-order valence-electron chi connectivity index (χ3n) is 3.45. The van der Waals surface area contributed by atoms with E-state index in [-0.39, 0.29) is 5.78 Å². The predicted molar refractivity (Wildman–Crippen MR) is 62.3 cm³/mol. The first-order valence-electron chi connectivity index (χ1n) is 6.40. The Bertz CT molecular complexity index is 254. The molecule has 1 aliphatic rings. The largest absolute Gasteiger partial charge is 0.480 e. The standard InChI is InChI=1S/C13H22O3/c1-2-3-4-5-6-7-8-11(14)13(9-10-13)12(15)16/h2-10H2,1H3,(H,15,16). The molecule has 0 aromatic rings. The van der Waals surface area contributed by atoms with Crippen molar-refractivity contribution >= 4 is 11.8 Å². The van der Waals surface area contributed by atoms with E-state index in [4.69, 9.17) is 5.11 Å². The zero-order valence-electron chi connectivity index (χ0n) is 10.1. The molecule has 0 unspecified atom stereocenters. The Hall–Kier alpha value is -0.860. The maximum absolute atomic E-state index is 11.7. The third-order valence-corrected chi connectivity index (χ3v) is 3.45. The highest BCUT2D eigenvalue weighted by molar-refractivity contribution is 6.05. The van der Waals surface area contributed by atoms with Crippen LogP contribution in [0.4, 0.5) is 0 Å². The maximum Gasteiger partial charge on any atom is 0.317 e. The van der Waals surface area contributed by atoms with E-state index in [9.17, 15) is 9.59 Å². The average Bonchev–Trinajstić information content (AvgIpc) is 3.03. The number of unbranched alkanes of at least 4 members (excludes halogenated alkanes) is 5. The molecule has 0 aromatic carbocycles. The van der Waals surface area contributed by atoms with Crippen LogP contribution in [0.3, 0.4) is 0 Å². The van der Waals surface area contributed by atoms with Gasteiger partial charge in [-0.05, 0) is 19.3 Å². The average molecular weight is 226 g/mol. The fourth-order valence-electron chi connectivity index (χ4n) is 2.04. The SMILES string of the molecule is CCCCCCCCC(=O)C1(C(=O)O)CC1. The summed E-state index contributed by atoms with van der Waals surface area (Å²) in [5.74, 6) is -0.959. The zero-order valence-corrected chi connectivity index (χ0v) is 10.1. The van der Waals surface area contributed by atoms with E-state index in [0.717, 1.165) is 12.8 Å². The van der Waals surface area contributed by atoms with Crippen LogP contribution >= 0.6 is 0 Å². The van der Waals surface area contributed by atoms with Crippen LogP contribution < -0.4 is 0 Å². The quantitative estimate of drug-likeness (QED) is 0.485. The van der Waals surface area contributed by atoms with Gasteiger partial charge in [-0.2, -0.15) is 0 Å². The predicted octanol–water partition coefficient (Wildman–Crippen LogP) is 3.17. The molecule has 0 radical (unpaired) electrons. The molecule has 0 aliphatic heterocycles. The smallest absolute Gasteiger partial charge is 0.317 e. The van der Waals surface area contributed by atoms with Crippen molar-refractivity contribution in [2.45, 2.75) is 64.7 Å². The fraction of sp³-hybridized carbons (Fsp3) is 0.846. The fourth-order valence-corrected chi connectivity index (χ4v) is 2.04. The monoisotopic (exact) mass is 226 g/mol. The van der Waals surface area contributed by atoms with Gasteiger partial charge < -0.3 is 5.11 Å². The molecule has 1 N–H and O–H groups in total. The molecule has 3 heteroatoms. The lowest BCUT2D eigenvalue weighted by Crippen LogP contribution is -2.25. The number of carbonyl (C=O) groups excluding carboxylic acids is 1. The molecule has 0 aromatic heterocycles. The van der Waals surface area contributed by atoms with Crippen LogP contribution in [0, 0.1) is 5.41 Å². The first-order chi connectivity index (χ1) is 7.63. The number of carbonyl (C=O) groups is 2. The van der Waals surface area contributed by atoms with E-state index in [1.165, 1.54) is 25.7 Å².